The van der Waals surface area contributed by atoms with Crippen LogP contribution in [0.5, 0.6) is 11.8 Å². The maximum absolute atomic E-state index is 15.5. The van der Waals surface area contributed by atoms with E-state index in [1.165, 1.54) is 24.3 Å². The summed E-state index contributed by atoms with van der Waals surface area (Å²) in [5.41, 5.74) is 7.98. The number of carboxylic acid groups (broad SMARTS) is 2. The van der Waals surface area contributed by atoms with Gasteiger partial charge in [0.05, 0.1) is 80.6 Å². The molecule has 90 heavy (non-hydrogen) atoms. The summed E-state index contributed by atoms with van der Waals surface area (Å²) < 4.78 is 90.9. The van der Waals surface area contributed by atoms with Crippen molar-refractivity contribution in [2.24, 2.45) is 14.1 Å². The smallest absolute Gasteiger partial charge is 0.335 e. The monoisotopic (exact) mass is 1220 g/mol. The number of fused-ring (bicyclic) bond motifs is 2. The number of aromatic carboxylic acids is 2. The van der Waals surface area contributed by atoms with Crippen LogP contribution in [0.3, 0.4) is 0 Å². The van der Waals surface area contributed by atoms with Crippen molar-refractivity contribution in [1.29, 1.82) is 0 Å². The van der Waals surface area contributed by atoms with E-state index in [4.69, 9.17) is 18.9 Å². The Morgan fingerprint density at radius 3 is 1.29 bits per heavy atom. The van der Waals surface area contributed by atoms with Crippen LogP contribution in [0.15, 0.2) is 158 Å². The first-order chi connectivity index (χ1) is 43.6. The van der Waals surface area contributed by atoms with Crippen LogP contribution < -0.4 is 9.47 Å². The first kappa shape index (κ1) is 60.7. The molecule has 0 bridgehead atoms. The molecule has 12 rings (SSSR count). The van der Waals surface area contributed by atoms with E-state index in [9.17, 15) is 19.8 Å². The Kier molecular flexibility index (Phi) is 18.2. The zero-order chi connectivity index (χ0) is 63.0. The summed E-state index contributed by atoms with van der Waals surface area (Å²) in [6, 6.07) is 34.7. The highest BCUT2D eigenvalue weighted by Crippen LogP contribution is 2.31. The summed E-state index contributed by atoms with van der Waals surface area (Å²) in [6.45, 7) is 1.72. The number of rotatable bonds is 22. The second kappa shape index (κ2) is 27.0. The second-order valence-corrected chi connectivity index (χ2v) is 20.6. The van der Waals surface area contributed by atoms with Crippen molar-refractivity contribution in [2.45, 2.75) is 39.1 Å². The average molecular weight is 1220 g/mol. The zero-order valence-electron chi connectivity index (χ0n) is 48.9. The van der Waals surface area contributed by atoms with E-state index >= 15 is 17.6 Å². The van der Waals surface area contributed by atoms with Gasteiger partial charge >= 0.3 is 11.9 Å². The normalized spacial score (nSPS) is 11.3. The number of benzene rings is 4. The van der Waals surface area contributed by atoms with E-state index in [1.54, 1.807) is 106 Å². The van der Waals surface area contributed by atoms with E-state index in [0.29, 0.717) is 60.0 Å². The van der Waals surface area contributed by atoms with Gasteiger partial charge in [-0.3, -0.25) is 19.3 Å². The van der Waals surface area contributed by atoms with Crippen molar-refractivity contribution in [2.75, 3.05) is 27.4 Å². The number of nitrogens with zero attached hydrogens (tertiary/aromatic N) is 12. The van der Waals surface area contributed by atoms with Crippen molar-refractivity contribution in [3.63, 3.8) is 0 Å². The van der Waals surface area contributed by atoms with Crippen LogP contribution in [0.4, 0.5) is 17.6 Å². The molecule has 4 aromatic carbocycles. The van der Waals surface area contributed by atoms with Gasteiger partial charge in [-0.15, -0.1) is 0 Å². The van der Waals surface area contributed by atoms with Crippen molar-refractivity contribution in [1.82, 2.24) is 58.6 Å². The number of methoxy groups -OCH3 is 2. The molecule has 0 saturated carbocycles. The highest BCUT2D eigenvalue weighted by Gasteiger charge is 2.22. The third kappa shape index (κ3) is 13.6. The second-order valence-electron chi connectivity index (χ2n) is 20.6. The molecule has 0 aliphatic rings. The molecule has 20 nitrogen and oxygen atoms in total. The molecule has 0 amide bonds. The molecule has 0 radical (unpaired) electrons. The third-order valence-electron chi connectivity index (χ3n) is 14.7. The molecule has 0 atom stereocenters. The minimum atomic E-state index is -1.07. The molecule has 0 unspecified atom stereocenters. The summed E-state index contributed by atoms with van der Waals surface area (Å²) in [6.07, 6.45) is 6.77. The minimum Gasteiger partial charge on any atom is -0.478 e. The number of hydrogen-bond acceptors (Lipinski definition) is 14. The fourth-order valence-corrected chi connectivity index (χ4v) is 10.1. The SMILES string of the molecule is COCCn1c(Cc2cc(F)c(-c3cccc(OCc4ccc(-c5ccnn5C)nc4)n3)cc2F)nc2ccc(C(=O)O)cc21.COCCn1c(Cc2cc(F)c(-c3cccc(OCc4ccc(-c5ccnn5C)nc4)n3)cc2F)nc2ccc(C(=O)O)cc21. The highest BCUT2D eigenvalue weighted by molar-refractivity contribution is 5.93. The predicted molar refractivity (Wildman–Crippen MR) is 323 cm³/mol. The minimum absolute atomic E-state index is 0.0112. The van der Waals surface area contributed by atoms with Crippen molar-refractivity contribution >= 4 is 34.0 Å². The van der Waals surface area contributed by atoms with Crippen LogP contribution in [-0.4, -0.2) is 108 Å². The highest BCUT2D eigenvalue weighted by atomic mass is 19.1. The van der Waals surface area contributed by atoms with Gasteiger partial charge in [-0.1, -0.05) is 24.3 Å². The van der Waals surface area contributed by atoms with Gasteiger partial charge < -0.3 is 38.3 Å². The van der Waals surface area contributed by atoms with E-state index < -0.39 is 35.2 Å². The van der Waals surface area contributed by atoms with Crippen molar-refractivity contribution < 1.29 is 56.3 Å². The van der Waals surface area contributed by atoms with E-state index in [1.807, 2.05) is 50.5 Å². The number of imidazole rings is 2. The van der Waals surface area contributed by atoms with Gasteiger partial charge in [0.15, 0.2) is 0 Å². The van der Waals surface area contributed by atoms with Crippen LogP contribution in [0.1, 0.15) is 54.6 Å². The molecule has 0 saturated heterocycles. The fraction of sp³-hybridized carbons (Fsp3) is 0.182. The number of aryl methyl sites for hydroxylation is 2. The van der Waals surface area contributed by atoms with Gasteiger partial charge in [0.1, 0.15) is 48.1 Å². The summed E-state index contributed by atoms with van der Waals surface area (Å²) >= 11 is 0. The summed E-state index contributed by atoms with van der Waals surface area (Å²) in [5.74, 6) is -3.31. The number of pyridine rings is 4. The molecule has 0 aliphatic carbocycles. The van der Waals surface area contributed by atoms with Gasteiger partial charge in [0.2, 0.25) is 11.8 Å². The van der Waals surface area contributed by atoms with Gasteiger partial charge in [-0.2, -0.15) is 10.2 Å². The van der Waals surface area contributed by atoms with E-state index in [-0.39, 0.29) is 82.6 Å². The molecule has 0 aliphatic heterocycles. The van der Waals surface area contributed by atoms with Gasteiger partial charge in [-0.25, -0.2) is 47.1 Å². The Bertz CT molecular complexity index is 4300. The molecular weight excluding hydrogens is 1160 g/mol. The standard InChI is InChI=1S/2C33H28F2N6O4/c2*1-40-29(10-11-37-40)27-8-6-20(18-36-27)19-45-32-5-3-4-26(39-32)23-17-24(34)22(14-25(23)35)16-31-38-28-9-7-21(33(42)43)15-30(28)41(31)12-13-44-2/h2*3-11,14-15,17-18H,12-13,16,19H2,1-2H3,(H,42,43). The Labute approximate surface area is 511 Å². The van der Waals surface area contributed by atoms with Gasteiger partial charge in [0, 0.05) is 113 Å². The van der Waals surface area contributed by atoms with Crippen LogP contribution in [0.25, 0.3) is 67.4 Å². The quantitative estimate of drug-likeness (QED) is 0.0600. The molecule has 0 fully saturated rings. The number of halogens is 4. The lowest BCUT2D eigenvalue weighted by Crippen LogP contribution is -2.10. The predicted octanol–water partition coefficient (Wildman–Crippen LogP) is 11.4. The van der Waals surface area contributed by atoms with Crippen molar-refractivity contribution in [3.8, 4) is 57.1 Å². The zero-order valence-corrected chi connectivity index (χ0v) is 48.9. The van der Waals surface area contributed by atoms with E-state index in [0.717, 1.165) is 58.2 Å². The molecule has 0 spiro atoms. The Morgan fingerprint density at radius 2 is 0.922 bits per heavy atom. The summed E-state index contributed by atoms with van der Waals surface area (Å²) in [4.78, 5) is 49.9. The van der Waals surface area contributed by atoms with Crippen LogP contribution in [-0.2, 0) is 62.7 Å². The van der Waals surface area contributed by atoms with E-state index in [2.05, 4.69) is 40.1 Å². The van der Waals surface area contributed by atoms with Crippen LogP contribution in [0, 0.1) is 23.3 Å². The molecule has 12 aromatic rings. The first-order valence-electron chi connectivity index (χ1n) is 28.1. The largest absolute Gasteiger partial charge is 0.478 e. The number of ether oxygens (including phenoxy) is 4. The maximum Gasteiger partial charge on any atom is 0.335 e. The first-order valence-corrected chi connectivity index (χ1v) is 28.1. The summed E-state index contributed by atoms with van der Waals surface area (Å²) in [5, 5.41) is 27.2. The number of hydrogen-bond donors (Lipinski definition) is 2. The Morgan fingerprint density at radius 1 is 0.489 bits per heavy atom. The van der Waals surface area contributed by atoms with Crippen LogP contribution >= 0.6 is 0 Å². The molecule has 456 valence electrons. The third-order valence-corrected chi connectivity index (χ3v) is 14.7. The maximum atomic E-state index is 15.5. The van der Waals surface area contributed by atoms with Gasteiger partial charge in [-0.05, 0) is 108 Å². The molecular formula is C66H56F4N12O8. The summed E-state index contributed by atoms with van der Waals surface area (Å²) in [7, 11) is 6.77. The fourth-order valence-electron chi connectivity index (χ4n) is 10.1. The Hall–Kier alpha value is -11.0. The lowest BCUT2D eigenvalue weighted by atomic mass is 10.0. The number of carboxylic acids is 2. The lowest BCUT2D eigenvalue weighted by Gasteiger charge is -2.12. The lowest BCUT2D eigenvalue weighted by molar-refractivity contribution is 0.0686. The molecule has 8 aromatic heterocycles. The van der Waals surface area contributed by atoms with Crippen LogP contribution in [0.2, 0.25) is 0 Å². The topological polar surface area (TPSA) is 234 Å². The number of carbonyl (C=O) groups is 2. The Balaban J connectivity index is 0.000000185. The molecule has 2 N–H and O–H groups in total. The number of aromatic nitrogens is 12. The van der Waals surface area contributed by atoms with Gasteiger partial charge in [0.25, 0.3) is 0 Å². The average Bonchev–Trinajstić information content (AvgIpc) is 1.86. The molecule has 24 heteroatoms. The van der Waals surface area contributed by atoms with Crippen molar-refractivity contribution in [3.05, 3.63) is 227 Å². The molecule has 8 heterocycles.